The summed E-state index contributed by atoms with van der Waals surface area (Å²) in [5.41, 5.74) is 6.95. The molecule has 1 aromatic heterocycles. The van der Waals surface area contributed by atoms with Gasteiger partial charge in [0.05, 0.1) is 5.69 Å². The first-order chi connectivity index (χ1) is 7.99. The molecular weight excluding hydrogens is 232 g/mol. The van der Waals surface area contributed by atoms with Crippen LogP contribution in [0.5, 0.6) is 0 Å². The van der Waals surface area contributed by atoms with Crippen LogP contribution in [0.25, 0.3) is 0 Å². The minimum atomic E-state index is 0.172. The van der Waals surface area contributed by atoms with Gasteiger partial charge in [-0.2, -0.15) is 5.26 Å². The van der Waals surface area contributed by atoms with Gasteiger partial charge in [-0.05, 0) is 12.3 Å². The summed E-state index contributed by atoms with van der Waals surface area (Å²) in [6, 6.07) is 2.08. The molecule has 0 bridgehead atoms. The van der Waals surface area contributed by atoms with Gasteiger partial charge in [0.2, 0.25) is 0 Å². The van der Waals surface area contributed by atoms with Gasteiger partial charge in [-0.25, -0.2) is 9.97 Å². The van der Waals surface area contributed by atoms with E-state index in [2.05, 4.69) is 29.9 Å². The molecule has 0 aliphatic rings. The van der Waals surface area contributed by atoms with E-state index in [1.54, 1.807) is 11.8 Å². The number of rotatable bonds is 4. The number of nitriles is 1. The molecule has 4 nitrogen and oxygen atoms in total. The lowest BCUT2D eigenvalue weighted by Gasteiger charge is -2.12. The predicted molar refractivity (Wildman–Crippen MR) is 70.9 cm³/mol. The molecule has 0 unspecified atom stereocenters. The largest absolute Gasteiger partial charge is 0.382 e. The molecule has 17 heavy (non-hydrogen) atoms. The van der Waals surface area contributed by atoms with Crippen molar-refractivity contribution in [1.82, 2.24) is 9.97 Å². The Morgan fingerprint density at radius 2 is 2.00 bits per heavy atom. The van der Waals surface area contributed by atoms with Crippen molar-refractivity contribution in [3.05, 3.63) is 11.3 Å². The van der Waals surface area contributed by atoms with Crippen LogP contribution < -0.4 is 5.73 Å². The Morgan fingerprint density at radius 1 is 1.35 bits per heavy atom. The van der Waals surface area contributed by atoms with Crippen molar-refractivity contribution < 1.29 is 0 Å². The maximum absolute atomic E-state index is 9.05. The maximum atomic E-state index is 9.05. The molecule has 0 aliphatic heterocycles. The smallest absolute Gasteiger partial charge is 0.190 e. The maximum Gasteiger partial charge on any atom is 0.190 e. The molecule has 1 heterocycles. The van der Waals surface area contributed by atoms with Crippen molar-refractivity contribution in [2.45, 2.75) is 50.4 Å². The van der Waals surface area contributed by atoms with Gasteiger partial charge in [0.15, 0.2) is 5.16 Å². The minimum absolute atomic E-state index is 0.172. The van der Waals surface area contributed by atoms with Crippen LogP contribution in [0.4, 0.5) is 5.82 Å². The van der Waals surface area contributed by atoms with E-state index in [-0.39, 0.29) is 11.7 Å². The van der Waals surface area contributed by atoms with Crippen molar-refractivity contribution in [3.8, 4) is 6.07 Å². The molecule has 1 rings (SSSR count). The normalized spacial score (nSPS) is 12.5. The Morgan fingerprint density at radius 3 is 2.47 bits per heavy atom. The molecule has 0 fully saturated rings. The van der Waals surface area contributed by atoms with Crippen LogP contribution in [0.1, 0.15) is 51.3 Å². The summed E-state index contributed by atoms with van der Waals surface area (Å²) in [6.45, 7) is 8.24. The summed E-state index contributed by atoms with van der Waals surface area (Å²) in [6.07, 6.45) is 1.05. The standard InChI is InChI=1S/C12H18N4S/c1-5-8(4)17-12-15-10(7(2)3)9(6-13)11(14)16-12/h7-8H,5H2,1-4H3,(H2,14,15,16)/t8-/m0/s1. The number of nitrogens with two attached hydrogens (primary N) is 1. The van der Waals surface area contributed by atoms with E-state index < -0.39 is 0 Å². The lowest BCUT2D eigenvalue weighted by atomic mass is 10.1. The van der Waals surface area contributed by atoms with Crippen molar-refractivity contribution >= 4 is 17.6 Å². The minimum Gasteiger partial charge on any atom is -0.382 e. The van der Waals surface area contributed by atoms with Gasteiger partial charge in [0.25, 0.3) is 0 Å². The molecule has 0 amide bonds. The van der Waals surface area contributed by atoms with Crippen LogP contribution in [-0.4, -0.2) is 15.2 Å². The third kappa shape index (κ3) is 3.34. The molecule has 0 aromatic carbocycles. The Labute approximate surface area is 107 Å². The number of hydrogen-bond acceptors (Lipinski definition) is 5. The number of thioether (sulfide) groups is 1. The van der Waals surface area contributed by atoms with E-state index in [0.29, 0.717) is 16.0 Å². The Bertz CT molecular complexity index is 437. The lowest BCUT2D eigenvalue weighted by molar-refractivity contribution is 0.773. The third-order valence-corrected chi connectivity index (χ3v) is 3.61. The molecule has 0 spiro atoms. The summed E-state index contributed by atoms with van der Waals surface area (Å²) >= 11 is 1.60. The Hall–Kier alpha value is -1.28. The second-order valence-electron chi connectivity index (χ2n) is 4.25. The highest BCUT2D eigenvalue weighted by Crippen LogP contribution is 2.27. The fourth-order valence-corrected chi connectivity index (χ4v) is 2.15. The molecule has 1 atom stereocenters. The average Bonchev–Trinajstić information content (AvgIpc) is 2.28. The van der Waals surface area contributed by atoms with Gasteiger partial charge >= 0.3 is 0 Å². The summed E-state index contributed by atoms with van der Waals surface area (Å²) in [7, 11) is 0. The molecule has 92 valence electrons. The van der Waals surface area contributed by atoms with Gasteiger partial charge in [0, 0.05) is 5.25 Å². The van der Waals surface area contributed by atoms with Gasteiger partial charge in [-0.15, -0.1) is 0 Å². The predicted octanol–water partition coefficient (Wildman–Crippen LogP) is 2.94. The van der Waals surface area contributed by atoms with E-state index in [1.165, 1.54) is 0 Å². The first-order valence-electron chi connectivity index (χ1n) is 5.73. The highest BCUT2D eigenvalue weighted by molar-refractivity contribution is 7.99. The van der Waals surface area contributed by atoms with Crippen molar-refractivity contribution in [2.24, 2.45) is 0 Å². The fourth-order valence-electron chi connectivity index (χ4n) is 1.32. The van der Waals surface area contributed by atoms with Gasteiger partial charge in [0.1, 0.15) is 17.5 Å². The zero-order chi connectivity index (χ0) is 13.0. The highest BCUT2D eigenvalue weighted by Gasteiger charge is 2.16. The summed E-state index contributed by atoms with van der Waals surface area (Å²) in [5, 5.41) is 10.2. The van der Waals surface area contributed by atoms with Gasteiger partial charge in [-0.1, -0.05) is 39.5 Å². The summed E-state index contributed by atoms with van der Waals surface area (Å²) in [4.78, 5) is 8.62. The number of anilines is 1. The van der Waals surface area contributed by atoms with Crippen LogP contribution >= 0.6 is 11.8 Å². The van der Waals surface area contributed by atoms with Crippen molar-refractivity contribution in [1.29, 1.82) is 5.26 Å². The second-order valence-corrected chi connectivity index (χ2v) is 5.66. The number of hydrogen-bond donors (Lipinski definition) is 1. The van der Waals surface area contributed by atoms with E-state index in [1.807, 2.05) is 13.8 Å². The van der Waals surface area contributed by atoms with Gasteiger partial charge in [-0.3, -0.25) is 0 Å². The number of aromatic nitrogens is 2. The van der Waals surface area contributed by atoms with E-state index in [9.17, 15) is 0 Å². The molecular formula is C12H18N4S. The van der Waals surface area contributed by atoms with Crippen molar-refractivity contribution in [2.75, 3.05) is 5.73 Å². The molecule has 1 aromatic rings. The number of nitrogen functional groups attached to an aromatic ring is 1. The molecule has 0 aliphatic carbocycles. The highest BCUT2D eigenvalue weighted by atomic mass is 32.2. The zero-order valence-corrected chi connectivity index (χ0v) is 11.5. The SMILES string of the molecule is CC[C@H](C)Sc1nc(N)c(C#N)c(C(C)C)n1. The molecule has 0 saturated carbocycles. The summed E-state index contributed by atoms with van der Waals surface area (Å²) < 4.78 is 0. The molecule has 2 N–H and O–H groups in total. The van der Waals surface area contributed by atoms with Crippen LogP contribution in [0.3, 0.4) is 0 Å². The second kappa shape index (κ2) is 5.87. The van der Waals surface area contributed by atoms with Crippen LogP contribution in [0, 0.1) is 11.3 Å². The summed E-state index contributed by atoms with van der Waals surface area (Å²) in [5.74, 6) is 0.461. The zero-order valence-electron chi connectivity index (χ0n) is 10.7. The van der Waals surface area contributed by atoms with Crippen LogP contribution in [0.15, 0.2) is 5.16 Å². The average molecular weight is 250 g/mol. The monoisotopic (exact) mass is 250 g/mol. The third-order valence-electron chi connectivity index (χ3n) is 2.48. The topological polar surface area (TPSA) is 75.6 Å². The first kappa shape index (κ1) is 13.8. The van der Waals surface area contributed by atoms with E-state index in [4.69, 9.17) is 11.0 Å². The number of nitrogens with zero attached hydrogens (tertiary/aromatic N) is 3. The molecule has 0 radical (unpaired) electrons. The van der Waals surface area contributed by atoms with Crippen LogP contribution in [0.2, 0.25) is 0 Å². The fraction of sp³-hybridized carbons (Fsp3) is 0.583. The Balaban J connectivity index is 3.16. The van der Waals surface area contributed by atoms with E-state index in [0.717, 1.165) is 12.1 Å². The van der Waals surface area contributed by atoms with E-state index >= 15 is 0 Å². The van der Waals surface area contributed by atoms with Crippen molar-refractivity contribution in [3.63, 3.8) is 0 Å². The first-order valence-corrected chi connectivity index (χ1v) is 6.61. The molecule has 0 saturated heterocycles. The quantitative estimate of drug-likeness (QED) is 0.656. The molecule has 5 heteroatoms. The lowest BCUT2D eigenvalue weighted by Crippen LogP contribution is -2.07. The van der Waals surface area contributed by atoms with Gasteiger partial charge < -0.3 is 5.73 Å². The Kier molecular flexibility index (Phi) is 4.76. The van der Waals surface area contributed by atoms with Crippen LogP contribution in [-0.2, 0) is 0 Å².